The molecule has 0 spiro atoms. The number of carbonyl (C=O) groups is 2. The Balaban J connectivity index is -0.0000000294. The third-order valence-corrected chi connectivity index (χ3v) is 3.91. The van der Waals surface area contributed by atoms with Crippen molar-refractivity contribution in [2.45, 2.75) is 193 Å². The molecule has 0 bridgehead atoms. The predicted molar refractivity (Wildman–Crippen MR) is 225 cm³/mol. The second-order valence-electron chi connectivity index (χ2n) is 11.8. The molecule has 0 aromatic heterocycles. The zero-order chi connectivity index (χ0) is 33.4. The molecule has 46 heavy (non-hydrogen) atoms. The number of carbonyl (C=O) groups excluding carboxylic acids is 2. The van der Waals surface area contributed by atoms with Gasteiger partial charge in [0.05, 0.1) is 12.2 Å². The van der Waals surface area contributed by atoms with Crippen LogP contribution in [0.1, 0.15) is 169 Å². The van der Waals surface area contributed by atoms with Crippen molar-refractivity contribution in [1.82, 2.24) is 5.32 Å². The summed E-state index contributed by atoms with van der Waals surface area (Å²) in [5, 5.41) is 3.31. The molecule has 0 rings (SSSR count). The van der Waals surface area contributed by atoms with E-state index in [1.165, 1.54) is 12.2 Å². The molecule has 0 aromatic carbocycles. The van der Waals surface area contributed by atoms with Crippen LogP contribution in [-0.2, 0) is 14.3 Å². The van der Waals surface area contributed by atoms with Crippen LogP contribution in [0.4, 0.5) is 0 Å². The molecule has 0 amide bonds. The molecule has 0 saturated heterocycles. The highest BCUT2D eigenvalue weighted by molar-refractivity contribution is 5.90. The lowest BCUT2D eigenvalue weighted by molar-refractivity contribution is -0.118. The Labute approximate surface area is 297 Å². The van der Waals surface area contributed by atoms with E-state index in [0.717, 1.165) is 11.8 Å². The Bertz CT molecular complexity index is 542. The lowest BCUT2D eigenvalue weighted by Crippen LogP contribution is -2.29. The van der Waals surface area contributed by atoms with Gasteiger partial charge in [-0.25, -0.2) is 0 Å². The van der Waals surface area contributed by atoms with Crippen LogP contribution in [0, 0.1) is 23.7 Å². The SMILES string of the molecule is C.C.C.C.C.C.C=CC(=O)C(C)C.C=CC(=O)C(C)C.CC(C)NC(C)C.CC(C)OC(C)C.CC=CC(C)C.CC=CC(C)C. The van der Waals surface area contributed by atoms with Crippen molar-refractivity contribution in [1.29, 1.82) is 0 Å². The lowest BCUT2D eigenvalue weighted by atomic mass is 10.1. The maximum atomic E-state index is 10.4. The monoisotopic (exact) mass is 664 g/mol. The van der Waals surface area contributed by atoms with Gasteiger partial charge in [0.15, 0.2) is 11.6 Å². The molecule has 0 aliphatic rings. The summed E-state index contributed by atoms with van der Waals surface area (Å²) in [5.41, 5.74) is 0. The second kappa shape index (κ2) is 58.7. The summed E-state index contributed by atoms with van der Waals surface area (Å²) in [6.07, 6.45) is 11.9. The fourth-order valence-corrected chi connectivity index (χ4v) is 2.45. The van der Waals surface area contributed by atoms with E-state index < -0.39 is 0 Å². The maximum absolute atomic E-state index is 10.4. The van der Waals surface area contributed by atoms with Crippen molar-refractivity contribution in [2.75, 3.05) is 0 Å². The van der Waals surface area contributed by atoms with Gasteiger partial charge in [0.2, 0.25) is 0 Å². The summed E-state index contributed by atoms with van der Waals surface area (Å²) >= 11 is 0. The molecule has 0 unspecified atom stereocenters. The quantitative estimate of drug-likeness (QED) is 0.187. The number of rotatable bonds is 10. The minimum atomic E-state index is 0. The number of ether oxygens (including phenoxy) is 1. The fraction of sp³-hybridized carbons (Fsp3) is 0.762. The van der Waals surface area contributed by atoms with Crippen LogP contribution in [0.5, 0.6) is 0 Å². The number of ketones is 2. The standard InChI is InChI=1S/C6H15N.C6H14O.2C6H10O.2C6H12.6CH4/c2*1-5(2)7-6(3)4;2*1-4-6(7)5(2)3;2*1-4-5-6(2)3;;;;;;/h5-7H,1-4H3;5-6H,1-4H3;2*4-5H,1H2,2-3H3;2*4-6H,1-3H3;6*1H4. The van der Waals surface area contributed by atoms with Crippen LogP contribution in [0.25, 0.3) is 0 Å². The minimum Gasteiger partial charge on any atom is -0.376 e. The van der Waals surface area contributed by atoms with Gasteiger partial charge in [-0.15, -0.1) is 0 Å². The summed E-state index contributed by atoms with van der Waals surface area (Å²) in [5.74, 6) is 1.88. The third-order valence-electron chi connectivity index (χ3n) is 3.91. The summed E-state index contributed by atoms with van der Waals surface area (Å²) < 4.78 is 5.25. The molecule has 0 aromatic rings. The number of hydrogen-bond acceptors (Lipinski definition) is 4. The Morgan fingerprint density at radius 3 is 0.717 bits per heavy atom. The highest BCUT2D eigenvalue weighted by Crippen LogP contribution is 1.94. The molecular weight excluding hydrogens is 566 g/mol. The van der Waals surface area contributed by atoms with Gasteiger partial charge in [0.25, 0.3) is 0 Å². The third kappa shape index (κ3) is 122. The average molecular weight is 664 g/mol. The Morgan fingerprint density at radius 2 is 0.717 bits per heavy atom. The van der Waals surface area contributed by atoms with E-state index in [2.05, 4.69) is 98.2 Å². The van der Waals surface area contributed by atoms with Crippen molar-refractivity contribution >= 4 is 11.6 Å². The molecule has 0 saturated carbocycles. The van der Waals surface area contributed by atoms with Gasteiger partial charge in [-0.05, 0) is 65.5 Å². The van der Waals surface area contributed by atoms with Crippen molar-refractivity contribution in [2.24, 2.45) is 23.7 Å². The van der Waals surface area contributed by atoms with Crippen molar-refractivity contribution < 1.29 is 14.3 Å². The van der Waals surface area contributed by atoms with Crippen LogP contribution in [0.15, 0.2) is 49.6 Å². The lowest BCUT2D eigenvalue weighted by Gasteiger charge is -2.10. The van der Waals surface area contributed by atoms with Crippen LogP contribution in [0.2, 0.25) is 0 Å². The Kier molecular flexibility index (Phi) is 102. The van der Waals surface area contributed by atoms with E-state index in [1.807, 2.05) is 69.2 Å². The van der Waals surface area contributed by atoms with E-state index >= 15 is 0 Å². The van der Waals surface area contributed by atoms with Crippen LogP contribution in [-0.4, -0.2) is 35.9 Å². The number of allylic oxidation sites excluding steroid dienone is 6. The highest BCUT2D eigenvalue weighted by atomic mass is 16.5. The molecule has 0 heterocycles. The molecule has 4 heteroatoms. The molecule has 288 valence electrons. The molecule has 4 nitrogen and oxygen atoms in total. The molecular formula is C42H97NO3. The smallest absolute Gasteiger partial charge is 0.157 e. The molecule has 0 radical (unpaired) electrons. The Morgan fingerprint density at radius 1 is 0.500 bits per heavy atom. The minimum absolute atomic E-state index is 0. The topological polar surface area (TPSA) is 55.4 Å². The van der Waals surface area contributed by atoms with Gasteiger partial charge in [0.1, 0.15) is 0 Å². The molecule has 0 atom stereocenters. The van der Waals surface area contributed by atoms with E-state index in [9.17, 15) is 9.59 Å². The first-order valence-corrected chi connectivity index (χ1v) is 15.2. The zero-order valence-electron chi connectivity index (χ0n) is 30.2. The fourth-order valence-electron chi connectivity index (χ4n) is 2.45. The van der Waals surface area contributed by atoms with Gasteiger partial charge in [-0.2, -0.15) is 0 Å². The first kappa shape index (κ1) is 79.6. The first-order chi connectivity index (χ1) is 18.2. The number of nitrogens with one attached hydrogen (secondary N) is 1. The van der Waals surface area contributed by atoms with Crippen LogP contribution >= 0.6 is 0 Å². The summed E-state index contributed by atoms with van der Waals surface area (Å²) in [6, 6.07) is 1.25. The van der Waals surface area contributed by atoms with Crippen molar-refractivity contribution in [3.8, 4) is 0 Å². The van der Waals surface area contributed by atoms with E-state index in [0.29, 0.717) is 24.3 Å². The second-order valence-corrected chi connectivity index (χ2v) is 11.8. The summed E-state index contributed by atoms with van der Waals surface area (Å²) in [7, 11) is 0. The van der Waals surface area contributed by atoms with Crippen molar-refractivity contribution in [3.05, 3.63) is 49.6 Å². The largest absolute Gasteiger partial charge is 0.376 e. The summed E-state index contributed by atoms with van der Waals surface area (Å²) in [6.45, 7) is 43.6. The van der Waals surface area contributed by atoms with Gasteiger partial charge < -0.3 is 10.1 Å². The van der Waals surface area contributed by atoms with Crippen LogP contribution in [0.3, 0.4) is 0 Å². The first-order valence-electron chi connectivity index (χ1n) is 15.2. The molecule has 0 aliphatic carbocycles. The zero-order valence-corrected chi connectivity index (χ0v) is 30.2. The molecule has 0 aliphatic heterocycles. The average Bonchev–Trinajstić information content (AvgIpc) is 2.77. The summed E-state index contributed by atoms with van der Waals surface area (Å²) in [4.78, 5) is 20.8. The molecule has 0 fully saturated rings. The van der Waals surface area contributed by atoms with Gasteiger partial charge in [-0.3, -0.25) is 9.59 Å². The van der Waals surface area contributed by atoms with Gasteiger partial charge in [-0.1, -0.05) is 165 Å². The normalized spacial score (nSPS) is 9.09. The maximum Gasteiger partial charge on any atom is 0.157 e. The van der Waals surface area contributed by atoms with E-state index in [4.69, 9.17) is 4.74 Å². The predicted octanol–water partition coefficient (Wildman–Crippen LogP) is 14.3. The number of hydrogen-bond donors (Lipinski definition) is 1. The van der Waals surface area contributed by atoms with Gasteiger partial charge in [0, 0.05) is 23.9 Å². The van der Waals surface area contributed by atoms with E-state index in [1.54, 1.807) is 0 Å². The highest BCUT2D eigenvalue weighted by Gasteiger charge is 1.99. The van der Waals surface area contributed by atoms with Crippen LogP contribution < -0.4 is 5.32 Å². The molecule has 1 N–H and O–H groups in total. The Hall–Kier alpha value is -1.78. The van der Waals surface area contributed by atoms with Crippen molar-refractivity contribution in [3.63, 3.8) is 0 Å². The van der Waals surface area contributed by atoms with E-state index in [-0.39, 0.29) is 68.0 Å². The van der Waals surface area contributed by atoms with Gasteiger partial charge >= 0.3 is 0 Å².